The fourth-order valence-corrected chi connectivity index (χ4v) is 3.36. The fraction of sp³-hybridized carbons (Fsp3) is 0.538. The summed E-state index contributed by atoms with van der Waals surface area (Å²) in [7, 11) is 0. The van der Waals surface area contributed by atoms with Gasteiger partial charge < -0.3 is 10.0 Å². The Bertz CT molecular complexity index is 613. The monoisotopic (exact) mass is 314 g/mol. The maximum atomic E-state index is 13.2. The van der Waals surface area contributed by atoms with Crippen molar-refractivity contribution in [2.45, 2.75) is 5.92 Å². The molecule has 2 aromatic rings. The molecule has 0 atom stereocenters. The van der Waals surface area contributed by atoms with E-state index in [-0.39, 0.29) is 0 Å². The molecule has 21 heavy (non-hydrogen) atoms. The number of alkyl halides is 2. The number of piperazine rings is 1. The Morgan fingerprint density at radius 2 is 2.00 bits per heavy atom. The van der Waals surface area contributed by atoms with Gasteiger partial charge in [-0.25, -0.2) is 18.7 Å². The highest BCUT2D eigenvalue weighted by atomic mass is 32.1. The molecule has 5 nitrogen and oxygen atoms in total. The highest BCUT2D eigenvalue weighted by Gasteiger charge is 2.32. The summed E-state index contributed by atoms with van der Waals surface area (Å²) in [5.41, 5.74) is 0.916. The first-order valence-corrected chi connectivity index (χ1v) is 7.61. The molecule has 1 fully saturated rings. The van der Waals surface area contributed by atoms with E-state index < -0.39 is 19.1 Å². The van der Waals surface area contributed by atoms with Gasteiger partial charge in [-0.15, -0.1) is 11.3 Å². The maximum absolute atomic E-state index is 13.2. The summed E-state index contributed by atoms with van der Waals surface area (Å²) in [5.74, 6) is -2.15. The molecular weight excluding hydrogens is 298 g/mol. The number of fused-ring (bicyclic) bond motifs is 1. The maximum Gasteiger partial charge on any atom is 0.283 e. The number of rotatable bonds is 4. The molecule has 3 rings (SSSR count). The highest BCUT2D eigenvalue weighted by molar-refractivity contribution is 7.17. The van der Waals surface area contributed by atoms with Crippen LogP contribution in [0.2, 0.25) is 0 Å². The van der Waals surface area contributed by atoms with Crippen molar-refractivity contribution < 1.29 is 13.9 Å². The van der Waals surface area contributed by atoms with Crippen LogP contribution in [0.15, 0.2) is 17.8 Å². The van der Waals surface area contributed by atoms with Crippen LogP contribution in [0, 0.1) is 0 Å². The van der Waals surface area contributed by atoms with E-state index >= 15 is 0 Å². The molecule has 0 unspecified atom stereocenters. The standard InChI is InChI=1S/C13H16F2N4OS/c14-13(15,8-20)7-18-2-4-19(5-3-18)12-11-10(1-6-21-11)16-9-17-12/h1,6,9,20H,2-5,7-8H2. The molecule has 2 aromatic heterocycles. The number of halogens is 2. The first kappa shape index (κ1) is 14.6. The van der Waals surface area contributed by atoms with Gasteiger partial charge in [0.25, 0.3) is 5.92 Å². The van der Waals surface area contributed by atoms with Crippen molar-refractivity contribution in [1.29, 1.82) is 0 Å². The van der Waals surface area contributed by atoms with Crippen molar-refractivity contribution in [3.05, 3.63) is 17.8 Å². The van der Waals surface area contributed by atoms with Crippen LogP contribution in [0.1, 0.15) is 0 Å². The van der Waals surface area contributed by atoms with Gasteiger partial charge in [0.1, 0.15) is 18.8 Å². The van der Waals surface area contributed by atoms with Gasteiger partial charge >= 0.3 is 0 Å². The van der Waals surface area contributed by atoms with E-state index in [1.165, 1.54) is 6.33 Å². The largest absolute Gasteiger partial charge is 0.390 e. The number of hydrogen-bond acceptors (Lipinski definition) is 6. The van der Waals surface area contributed by atoms with Gasteiger partial charge in [-0.2, -0.15) is 0 Å². The summed E-state index contributed by atoms with van der Waals surface area (Å²) in [5, 5.41) is 10.6. The van der Waals surface area contributed by atoms with Crippen LogP contribution in [0.4, 0.5) is 14.6 Å². The number of aliphatic hydroxyl groups excluding tert-OH is 1. The molecule has 0 aliphatic carbocycles. The third-order valence-electron chi connectivity index (χ3n) is 3.58. The number of thiophene rings is 1. The topological polar surface area (TPSA) is 52.5 Å². The van der Waals surface area contributed by atoms with Crippen LogP contribution < -0.4 is 4.90 Å². The molecular formula is C13H16F2N4OS. The third kappa shape index (κ3) is 3.12. The Hall–Kier alpha value is -1.38. The zero-order valence-corrected chi connectivity index (χ0v) is 12.2. The zero-order chi connectivity index (χ0) is 14.9. The fourth-order valence-electron chi connectivity index (χ4n) is 2.50. The zero-order valence-electron chi connectivity index (χ0n) is 11.4. The van der Waals surface area contributed by atoms with E-state index in [0.717, 1.165) is 16.0 Å². The molecule has 0 radical (unpaired) electrons. The Morgan fingerprint density at radius 3 is 2.71 bits per heavy atom. The summed E-state index contributed by atoms with van der Waals surface area (Å²) in [6.07, 6.45) is 1.54. The number of anilines is 1. The second-order valence-electron chi connectivity index (χ2n) is 5.11. The van der Waals surface area contributed by atoms with Crippen LogP contribution in [-0.2, 0) is 0 Å². The van der Waals surface area contributed by atoms with Gasteiger partial charge in [0.15, 0.2) is 0 Å². The van der Waals surface area contributed by atoms with Gasteiger partial charge in [-0.05, 0) is 11.4 Å². The van der Waals surface area contributed by atoms with Gasteiger partial charge in [0, 0.05) is 26.2 Å². The molecule has 0 saturated carbocycles. The lowest BCUT2D eigenvalue weighted by Crippen LogP contribution is -2.50. The third-order valence-corrected chi connectivity index (χ3v) is 4.48. The molecule has 0 aromatic carbocycles. The Balaban J connectivity index is 1.67. The van der Waals surface area contributed by atoms with E-state index in [1.807, 2.05) is 11.4 Å². The molecule has 114 valence electrons. The van der Waals surface area contributed by atoms with Crippen molar-refractivity contribution in [3.8, 4) is 0 Å². The summed E-state index contributed by atoms with van der Waals surface area (Å²) in [6.45, 7) is 0.862. The number of hydrogen-bond donors (Lipinski definition) is 1. The molecule has 1 aliphatic rings. The average Bonchev–Trinajstić information content (AvgIpc) is 2.96. The van der Waals surface area contributed by atoms with Gasteiger partial charge in [-0.3, -0.25) is 4.90 Å². The Morgan fingerprint density at radius 1 is 1.24 bits per heavy atom. The predicted molar refractivity (Wildman–Crippen MR) is 78.1 cm³/mol. The molecule has 1 N–H and O–H groups in total. The van der Waals surface area contributed by atoms with E-state index in [0.29, 0.717) is 26.2 Å². The minimum atomic E-state index is -3.03. The lowest BCUT2D eigenvalue weighted by atomic mass is 10.2. The Labute approximate surface area is 124 Å². The van der Waals surface area contributed by atoms with Gasteiger partial charge in [0.2, 0.25) is 0 Å². The summed E-state index contributed by atoms with van der Waals surface area (Å²) >= 11 is 1.59. The summed E-state index contributed by atoms with van der Waals surface area (Å²) < 4.78 is 27.4. The summed E-state index contributed by atoms with van der Waals surface area (Å²) in [4.78, 5) is 12.3. The van der Waals surface area contributed by atoms with Crippen LogP contribution in [0.25, 0.3) is 10.2 Å². The van der Waals surface area contributed by atoms with E-state index in [1.54, 1.807) is 16.2 Å². The van der Waals surface area contributed by atoms with Crippen LogP contribution in [0.5, 0.6) is 0 Å². The second-order valence-corrected chi connectivity index (χ2v) is 6.03. The van der Waals surface area contributed by atoms with E-state index in [2.05, 4.69) is 14.9 Å². The van der Waals surface area contributed by atoms with Crippen LogP contribution in [0.3, 0.4) is 0 Å². The van der Waals surface area contributed by atoms with Gasteiger partial charge in [0.05, 0.1) is 16.8 Å². The molecule has 1 saturated heterocycles. The Kier molecular flexibility index (Phi) is 4.01. The van der Waals surface area contributed by atoms with Crippen LogP contribution in [-0.4, -0.2) is 65.2 Å². The minimum Gasteiger partial charge on any atom is -0.390 e. The highest BCUT2D eigenvalue weighted by Crippen LogP contribution is 2.28. The minimum absolute atomic E-state index is 0.393. The van der Waals surface area contributed by atoms with Crippen molar-refractivity contribution >= 4 is 27.4 Å². The lowest BCUT2D eigenvalue weighted by molar-refractivity contribution is -0.0733. The molecule has 0 amide bonds. The van der Waals surface area contributed by atoms with Crippen molar-refractivity contribution in [1.82, 2.24) is 14.9 Å². The molecule has 3 heterocycles. The first-order chi connectivity index (χ1) is 10.1. The molecule has 1 aliphatic heterocycles. The number of aromatic nitrogens is 2. The number of nitrogens with zero attached hydrogens (tertiary/aromatic N) is 4. The number of aliphatic hydroxyl groups is 1. The van der Waals surface area contributed by atoms with Crippen molar-refractivity contribution in [2.75, 3.05) is 44.2 Å². The summed E-state index contributed by atoms with van der Waals surface area (Å²) in [6, 6.07) is 1.95. The normalized spacial score (nSPS) is 17.6. The lowest BCUT2D eigenvalue weighted by Gasteiger charge is -2.36. The quantitative estimate of drug-likeness (QED) is 0.925. The molecule has 0 bridgehead atoms. The SMILES string of the molecule is OCC(F)(F)CN1CCN(c2ncnc3ccsc23)CC1. The second kappa shape index (κ2) is 5.78. The predicted octanol–water partition coefficient (Wildman–Crippen LogP) is 1.44. The van der Waals surface area contributed by atoms with Crippen LogP contribution >= 0.6 is 11.3 Å². The van der Waals surface area contributed by atoms with Crippen molar-refractivity contribution in [3.63, 3.8) is 0 Å². The van der Waals surface area contributed by atoms with Crippen molar-refractivity contribution in [2.24, 2.45) is 0 Å². The molecule has 0 spiro atoms. The smallest absolute Gasteiger partial charge is 0.283 e. The van der Waals surface area contributed by atoms with E-state index in [9.17, 15) is 8.78 Å². The first-order valence-electron chi connectivity index (χ1n) is 6.73. The van der Waals surface area contributed by atoms with E-state index in [4.69, 9.17) is 5.11 Å². The van der Waals surface area contributed by atoms with Gasteiger partial charge in [-0.1, -0.05) is 0 Å². The molecule has 8 heteroatoms. The average molecular weight is 314 g/mol.